The molecule has 1 amide bonds. The van der Waals surface area contributed by atoms with Crippen LogP contribution in [0.5, 0.6) is 0 Å². The molecule has 6 nitrogen and oxygen atoms in total. The third-order valence-corrected chi connectivity index (χ3v) is 7.13. The number of piperidine rings is 1. The number of halogens is 3. The highest BCUT2D eigenvalue weighted by atomic mass is 19.4. The Kier molecular flexibility index (Phi) is 6.92. The van der Waals surface area contributed by atoms with Crippen molar-refractivity contribution < 1.29 is 18.0 Å². The maximum absolute atomic E-state index is 13.9. The SMILES string of the molecule is CC(C)(C)CN1CCC[C@H](Nc2cc(-n3nc(C(F)(F)F)c4c3CC(C)(C)CC4)ccc2C(N)=O)C1. The van der Waals surface area contributed by atoms with Crippen LogP contribution in [-0.4, -0.2) is 46.3 Å². The zero-order valence-electron chi connectivity index (χ0n) is 21.9. The van der Waals surface area contributed by atoms with Crippen LogP contribution in [0.15, 0.2) is 18.2 Å². The maximum Gasteiger partial charge on any atom is 0.435 e. The van der Waals surface area contributed by atoms with Crippen LogP contribution in [-0.2, 0) is 19.0 Å². The van der Waals surface area contributed by atoms with E-state index in [1.54, 1.807) is 18.2 Å². The van der Waals surface area contributed by atoms with Gasteiger partial charge in [0.1, 0.15) is 0 Å². The van der Waals surface area contributed by atoms with Gasteiger partial charge in [0.2, 0.25) is 0 Å². The smallest absolute Gasteiger partial charge is 0.380 e. The summed E-state index contributed by atoms with van der Waals surface area (Å²) in [6, 6.07) is 5.04. The maximum atomic E-state index is 13.9. The molecule has 4 rings (SSSR count). The number of fused-ring (bicyclic) bond motifs is 1. The fourth-order valence-electron chi connectivity index (χ4n) is 5.58. The topological polar surface area (TPSA) is 76.2 Å². The van der Waals surface area contributed by atoms with Crippen molar-refractivity contribution in [2.24, 2.45) is 16.6 Å². The summed E-state index contributed by atoms with van der Waals surface area (Å²) in [7, 11) is 0. The molecule has 1 aromatic carbocycles. The van der Waals surface area contributed by atoms with Crippen LogP contribution >= 0.6 is 0 Å². The number of rotatable bonds is 5. The first-order valence-electron chi connectivity index (χ1n) is 12.7. The lowest BCUT2D eigenvalue weighted by atomic mass is 9.76. The zero-order chi connectivity index (χ0) is 26.5. The molecule has 36 heavy (non-hydrogen) atoms. The summed E-state index contributed by atoms with van der Waals surface area (Å²) < 4.78 is 43.0. The number of primary amides is 1. The summed E-state index contributed by atoms with van der Waals surface area (Å²) in [5.74, 6) is -0.578. The van der Waals surface area contributed by atoms with Gasteiger partial charge in [-0.15, -0.1) is 0 Å². The van der Waals surface area contributed by atoms with Crippen LogP contribution in [0.1, 0.15) is 81.2 Å². The molecule has 1 fully saturated rings. The quantitative estimate of drug-likeness (QED) is 0.568. The number of nitrogens with one attached hydrogen (secondary N) is 1. The average Bonchev–Trinajstić information content (AvgIpc) is 3.10. The number of likely N-dealkylation sites (tertiary alicyclic amines) is 1. The molecule has 1 aliphatic heterocycles. The third kappa shape index (κ3) is 5.88. The highest BCUT2D eigenvalue weighted by molar-refractivity contribution is 5.99. The molecule has 1 atom stereocenters. The lowest BCUT2D eigenvalue weighted by Crippen LogP contribution is -2.45. The molecule has 9 heteroatoms. The van der Waals surface area contributed by atoms with E-state index in [0.717, 1.165) is 32.5 Å². The number of amides is 1. The van der Waals surface area contributed by atoms with Gasteiger partial charge in [-0.25, -0.2) is 4.68 Å². The van der Waals surface area contributed by atoms with Crippen LogP contribution in [0.2, 0.25) is 0 Å². The van der Waals surface area contributed by atoms with Gasteiger partial charge in [0.05, 0.1) is 11.3 Å². The lowest BCUT2D eigenvalue weighted by molar-refractivity contribution is -0.142. The molecule has 1 aliphatic carbocycles. The monoisotopic (exact) mass is 505 g/mol. The van der Waals surface area contributed by atoms with Crippen molar-refractivity contribution in [3.63, 3.8) is 0 Å². The van der Waals surface area contributed by atoms with Gasteiger partial charge >= 0.3 is 6.18 Å². The van der Waals surface area contributed by atoms with Crippen LogP contribution in [0.4, 0.5) is 18.9 Å². The Labute approximate surface area is 211 Å². The summed E-state index contributed by atoms with van der Waals surface area (Å²) in [4.78, 5) is 14.6. The minimum atomic E-state index is -4.52. The van der Waals surface area contributed by atoms with Gasteiger partial charge < -0.3 is 16.0 Å². The molecule has 2 aromatic rings. The van der Waals surface area contributed by atoms with Gasteiger partial charge in [-0.05, 0) is 67.7 Å². The van der Waals surface area contributed by atoms with Crippen molar-refractivity contribution in [1.29, 1.82) is 0 Å². The van der Waals surface area contributed by atoms with Gasteiger partial charge in [0.25, 0.3) is 5.91 Å². The Morgan fingerprint density at radius 3 is 2.61 bits per heavy atom. The Morgan fingerprint density at radius 2 is 1.97 bits per heavy atom. The second kappa shape index (κ2) is 9.39. The fourth-order valence-corrected chi connectivity index (χ4v) is 5.58. The van der Waals surface area contributed by atoms with Crippen molar-refractivity contribution in [2.45, 2.75) is 78.9 Å². The van der Waals surface area contributed by atoms with Gasteiger partial charge in [0, 0.05) is 36.1 Å². The highest BCUT2D eigenvalue weighted by Gasteiger charge is 2.42. The molecule has 0 saturated carbocycles. The van der Waals surface area contributed by atoms with Gasteiger partial charge in [-0.3, -0.25) is 4.79 Å². The number of hydrogen-bond donors (Lipinski definition) is 2. The second-order valence-corrected chi connectivity index (χ2v) is 12.4. The molecular weight excluding hydrogens is 467 g/mol. The zero-order valence-corrected chi connectivity index (χ0v) is 21.9. The molecule has 2 heterocycles. The average molecular weight is 506 g/mol. The van der Waals surface area contributed by atoms with E-state index >= 15 is 0 Å². The van der Waals surface area contributed by atoms with Crippen molar-refractivity contribution >= 4 is 11.6 Å². The van der Waals surface area contributed by atoms with E-state index in [2.05, 4.69) is 49.9 Å². The molecule has 3 N–H and O–H groups in total. The third-order valence-electron chi connectivity index (χ3n) is 7.13. The Bertz CT molecular complexity index is 1130. The first kappa shape index (κ1) is 26.5. The standard InChI is InChI=1S/C27H38F3N5O/c1-25(2,3)16-34-12-6-7-17(15-34)32-21-13-18(8-9-19(21)24(31)36)35-22-14-26(4,5)11-10-20(22)23(33-35)27(28,29)30/h8-9,13,17,32H,6-7,10-12,14-16H2,1-5H3,(H2,31,36)/t17-/m0/s1. The number of aromatic nitrogens is 2. The molecule has 0 spiro atoms. The van der Waals surface area contributed by atoms with Crippen molar-refractivity contribution in [3.05, 3.63) is 40.7 Å². The van der Waals surface area contributed by atoms with E-state index in [1.165, 1.54) is 4.68 Å². The van der Waals surface area contributed by atoms with E-state index in [-0.39, 0.29) is 22.4 Å². The van der Waals surface area contributed by atoms with Crippen LogP contribution in [0.25, 0.3) is 5.69 Å². The molecule has 2 aliphatic rings. The number of benzene rings is 1. The van der Waals surface area contributed by atoms with Crippen LogP contribution < -0.4 is 11.1 Å². The minimum absolute atomic E-state index is 0.102. The number of anilines is 1. The predicted molar refractivity (Wildman–Crippen MR) is 135 cm³/mol. The molecular formula is C27H38F3N5O. The molecule has 1 saturated heterocycles. The normalized spacial score (nSPS) is 20.7. The summed E-state index contributed by atoms with van der Waals surface area (Å²) in [5.41, 5.74) is 7.12. The van der Waals surface area contributed by atoms with Gasteiger partial charge in [0.15, 0.2) is 5.69 Å². The van der Waals surface area contributed by atoms with Crippen LogP contribution in [0, 0.1) is 10.8 Å². The first-order chi connectivity index (χ1) is 16.6. The number of hydrogen-bond acceptors (Lipinski definition) is 4. The number of alkyl halides is 3. The fraction of sp³-hybridized carbons (Fsp3) is 0.630. The largest absolute Gasteiger partial charge is 0.435 e. The first-order valence-corrected chi connectivity index (χ1v) is 12.7. The molecule has 0 unspecified atom stereocenters. The van der Waals surface area contributed by atoms with Crippen LogP contribution in [0.3, 0.4) is 0 Å². The van der Waals surface area contributed by atoms with E-state index in [1.807, 2.05) is 0 Å². The summed E-state index contributed by atoms with van der Waals surface area (Å²) in [6.07, 6.45) is -1.05. The van der Waals surface area contributed by atoms with Gasteiger partial charge in [-0.2, -0.15) is 18.3 Å². The summed E-state index contributed by atoms with van der Waals surface area (Å²) in [6.45, 7) is 13.6. The number of nitrogens with zero attached hydrogens (tertiary/aromatic N) is 3. The van der Waals surface area contributed by atoms with E-state index < -0.39 is 17.8 Å². The molecule has 198 valence electrons. The van der Waals surface area contributed by atoms with Crippen molar-refractivity contribution in [2.75, 3.05) is 25.0 Å². The number of nitrogens with two attached hydrogens (primary N) is 1. The second-order valence-electron chi connectivity index (χ2n) is 12.4. The Morgan fingerprint density at radius 1 is 1.25 bits per heavy atom. The van der Waals surface area contributed by atoms with E-state index in [9.17, 15) is 18.0 Å². The minimum Gasteiger partial charge on any atom is -0.380 e. The van der Waals surface area contributed by atoms with E-state index in [0.29, 0.717) is 41.9 Å². The molecule has 0 bridgehead atoms. The number of carbonyl (C=O) groups is 1. The Hall–Kier alpha value is -2.55. The Balaban J connectivity index is 1.70. The summed E-state index contributed by atoms with van der Waals surface area (Å²) >= 11 is 0. The van der Waals surface area contributed by atoms with Gasteiger partial charge in [-0.1, -0.05) is 34.6 Å². The predicted octanol–water partition coefficient (Wildman–Crippen LogP) is 5.43. The summed E-state index contributed by atoms with van der Waals surface area (Å²) in [5, 5.41) is 7.54. The highest BCUT2D eigenvalue weighted by Crippen LogP contribution is 2.42. The van der Waals surface area contributed by atoms with Crippen molar-refractivity contribution in [1.82, 2.24) is 14.7 Å². The molecule has 1 aromatic heterocycles. The van der Waals surface area contributed by atoms with Crippen molar-refractivity contribution in [3.8, 4) is 5.69 Å². The van der Waals surface area contributed by atoms with E-state index in [4.69, 9.17) is 5.73 Å². The molecule has 0 radical (unpaired) electrons. The number of carbonyl (C=O) groups excluding carboxylic acids is 1. The lowest BCUT2D eigenvalue weighted by Gasteiger charge is -2.37.